The summed E-state index contributed by atoms with van der Waals surface area (Å²) < 4.78 is 0. The maximum absolute atomic E-state index is 13.5. The van der Waals surface area contributed by atoms with Crippen LogP contribution in [0.3, 0.4) is 0 Å². The third kappa shape index (κ3) is 6.23. The standard InChI is InChI=1S/C32H24N4O2S/c37-31(35-33-21-23-13-5-1-6-14-23)29-27(25-17-9-3-10-18-25)28(26-19-11-4-12-20-26)30(39-29)32(38)36-34-22-24-15-7-2-8-16-24/h1-22H,(H,35,37)(H,36,38)/b33-21+,34-22+. The summed E-state index contributed by atoms with van der Waals surface area (Å²) >= 11 is 1.11. The lowest BCUT2D eigenvalue weighted by atomic mass is 9.94. The van der Waals surface area contributed by atoms with Gasteiger partial charge < -0.3 is 0 Å². The van der Waals surface area contributed by atoms with Crippen molar-refractivity contribution in [3.05, 3.63) is 142 Å². The summed E-state index contributed by atoms with van der Waals surface area (Å²) in [6.45, 7) is 0. The molecule has 6 nitrogen and oxygen atoms in total. The fraction of sp³-hybridized carbons (Fsp3) is 0. The largest absolute Gasteiger partial charge is 0.282 e. The number of hydrazone groups is 2. The van der Waals surface area contributed by atoms with Crippen LogP contribution < -0.4 is 10.9 Å². The fourth-order valence-corrected chi connectivity index (χ4v) is 5.15. The highest BCUT2D eigenvalue weighted by Gasteiger charge is 2.28. The summed E-state index contributed by atoms with van der Waals surface area (Å²) in [6, 6.07) is 38.1. The van der Waals surface area contributed by atoms with Crippen LogP contribution in [0.1, 0.15) is 30.5 Å². The number of carbonyl (C=O) groups excluding carboxylic acids is 2. The average Bonchev–Trinajstić information content (AvgIpc) is 3.40. The van der Waals surface area contributed by atoms with Crippen LogP contribution in [-0.4, -0.2) is 24.2 Å². The molecule has 0 bridgehead atoms. The lowest BCUT2D eigenvalue weighted by Gasteiger charge is -2.09. The van der Waals surface area contributed by atoms with E-state index in [0.717, 1.165) is 33.6 Å². The molecular formula is C32H24N4O2S. The SMILES string of the molecule is O=C(N/N=C/c1ccccc1)c1sc(C(=O)N/N=C/c2ccccc2)c(-c2ccccc2)c1-c1ccccc1. The molecule has 1 heterocycles. The van der Waals surface area contributed by atoms with Crippen LogP contribution in [0.2, 0.25) is 0 Å². The second kappa shape index (κ2) is 12.4. The van der Waals surface area contributed by atoms with Gasteiger partial charge in [-0.15, -0.1) is 11.3 Å². The second-order valence-corrected chi connectivity index (χ2v) is 9.48. The molecule has 0 aliphatic rings. The fourth-order valence-electron chi connectivity index (χ4n) is 4.02. The summed E-state index contributed by atoms with van der Waals surface area (Å²) in [4.78, 5) is 27.7. The number of rotatable bonds is 8. The first-order chi connectivity index (χ1) is 19.2. The van der Waals surface area contributed by atoms with E-state index >= 15 is 0 Å². The summed E-state index contributed by atoms with van der Waals surface area (Å²) in [5.41, 5.74) is 9.94. The van der Waals surface area contributed by atoms with E-state index in [1.165, 1.54) is 0 Å². The van der Waals surface area contributed by atoms with Crippen molar-refractivity contribution in [2.75, 3.05) is 0 Å². The number of hydrogen-bond donors (Lipinski definition) is 2. The Morgan fingerprint density at radius 3 is 1.21 bits per heavy atom. The van der Waals surface area contributed by atoms with Gasteiger partial charge >= 0.3 is 0 Å². The Kier molecular flexibility index (Phi) is 8.11. The lowest BCUT2D eigenvalue weighted by Crippen LogP contribution is -2.17. The van der Waals surface area contributed by atoms with Crippen LogP contribution in [0.5, 0.6) is 0 Å². The molecule has 0 saturated heterocycles. The quantitative estimate of drug-likeness (QED) is 0.175. The molecule has 0 radical (unpaired) electrons. The molecule has 0 aliphatic heterocycles. The molecule has 5 rings (SSSR count). The zero-order chi connectivity index (χ0) is 26.9. The molecule has 0 spiro atoms. The van der Waals surface area contributed by atoms with Gasteiger partial charge in [0.1, 0.15) is 9.75 Å². The van der Waals surface area contributed by atoms with E-state index in [1.54, 1.807) is 12.4 Å². The Morgan fingerprint density at radius 1 is 0.513 bits per heavy atom. The van der Waals surface area contributed by atoms with Gasteiger partial charge in [-0.3, -0.25) is 9.59 Å². The van der Waals surface area contributed by atoms with Gasteiger partial charge in [0.2, 0.25) is 0 Å². The molecule has 0 saturated carbocycles. The average molecular weight is 529 g/mol. The molecule has 4 aromatic carbocycles. The van der Waals surface area contributed by atoms with E-state index in [0.29, 0.717) is 20.9 Å². The van der Waals surface area contributed by atoms with E-state index in [4.69, 9.17) is 0 Å². The lowest BCUT2D eigenvalue weighted by molar-refractivity contribution is 0.0953. The normalized spacial score (nSPS) is 11.1. The van der Waals surface area contributed by atoms with Gasteiger partial charge in [-0.2, -0.15) is 10.2 Å². The van der Waals surface area contributed by atoms with E-state index in [2.05, 4.69) is 21.1 Å². The van der Waals surface area contributed by atoms with Gasteiger partial charge in [-0.1, -0.05) is 121 Å². The van der Waals surface area contributed by atoms with Crippen LogP contribution in [0.4, 0.5) is 0 Å². The summed E-state index contributed by atoms with van der Waals surface area (Å²) in [6.07, 6.45) is 3.16. The van der Waals surface area contributed by atoms with E-state index in [1.807, 2.05) is 121 Å². The third-order valence-corrected chi connectivity index (χ3v) is 6.99. The molecule has 7 heteroatoms. The van der Waals surface area contributed by atoms with E-state index in [9.17, 15) is 9.59 Å². The first-order valence-electron chi connectivity index (χ1n) is 12.3. The minimum absolute atomic E-state index is 0.377. The van der Waals surface area contributed by atoms with Gasteiger partial charge in [-0.05, 0) is 22.3 Å². The number of carbonyl (C=O) groups is 2. The third-order valence-electron chi connectivity index (χ3n) is 5.80. The minimum Gasteiger partial charge on any atom is -0.266 e. The van der Waals surface area contributed by atoms with Gasteiger partial charge in [0.15, 0.2) is 0 Å². The monoisotopic (exact) mass is 528 g/mol. The summed E-state index contributed by atoms with van der Waals surface area (Å²) in [5, 5.41) is 8.30. The van der Waals surface area contributed by atoms with Crippen LogP contribution in [0.15, 0.2) is 132 Å². The summed E-state index contributed by atoms with van der Waals surface area (Å²) in [5.74, 6) is -0.815. The minimum atomic E-state index is -0.407. The van der Waals surface area contributed by atoms with Gasteiger partial charge in [0.25, 0.3) is 11.8 Å². The molecule has 0 fully saturated rings. The number of hydrogen-bond acceptors (Lipinski definition) is 5. The van der Waals surface area contributed by atoms with Crippen molar-refractivity contribution in [3.63, 3.8) is 0 Å². The highest BCUT2D eigenvalue weighted by molar-refractivity contribution is 7.17. The van der Waals surface area contributed by atoms with E-state index in [-0.39, 0.29) is 0 Å². The Labute approximate surface area is 230 Å². The molecule has 190 valence electrons. The predicted molar refractivity (Wildman–Crippen MR) is 158 cm³/mol. The Morgan fingerprint density at radius 2 is 0.846 bits per heavy atom. The molecule has 0 atom stereocenters. The van der Waals surface area contributed by atoms with Gasteiger partial charge in [-0.25, -0.2) is 10.9 Å². The van der Waals surface area contributed by atoms with Gasteiger partial charge in [0, 0.05) is 11.1 Å². The van der Waals surface area contributed by atoms with Gasteiger partial charge in [0.05, 0.1) is 12.4 Å². The maximum atomic E-state index is 13.5. The topological polar surface area (TPSA) is 82.9 Å². The van der Waals surface area contributed by atoms with Crippen molar-refractivity contribution in [2.45, 2.75) is 0 Å². The van der Waals surface area contributed by atoms with Crippen molar-refractivity contribution in [1.82, 2.24) is 10.9 Å². The zero-order valence-electron chi connectivity index (χ0n) is 20.8. The number of benzene rings is 4. The number of nitrogens with zero attached hydrogens (tertiary/aromatic N) is 2. The molecule has 39 heavy (non-hydrogen) atoms. The van der Waals surface area contributed by atoms with Crippen molar-refractivity contribution in [3.8, 4) is 22.3 Å². The second-order valence-electron chi connectivity index (χ2n) is 8.46. The predicted octanol–water partition coefficient (Wildman–Crippen LogP) is 6.61. The van der Waals surface area contributed by atoms with Crippen LogP contribution in [-0.2, 0) is 0 Å². The van der Waals surface area contributed by atoms with Crippen molar-refractivity contribution in [2.24, 2.45) is 10.2 Å². The van der Waals surface area contributed by atoms with Crippen molar-refractivity contribution in [1.29, 1.82) is 0 Å². The first kappa shape index (κ1) is 25.5. The Bertz CT molecular complexity index is 1490. The number of thiophene rings is 1. The number of amides is 2. The smallest absolute Gasteiger partial charge is 0.266 e. The Balaban J connectivity index is 1.56. The van der Waals surface area contributed by atoms with Crippen molar-refractivity contribution < 1.29 is 9.59 Å². The molecule has 0 aliphatic carbocycles. The molecule has 1 aromatic heterocycles. The Hall–Kier alpha value is -5.14. The highest BCUT2D eigenvalue weighted by atomic mass is 32.1. The molecule has 2 amide bonds. The number of nitrogens with one attached hydrogen (secondary N) is 2. The summed E-state index contributed by atoms with van der Waals surface area (Å²) in [7, 11) is 0. The highest BCUT2D eigenvalue weighted by Crippen LogP contribution is 2.43. The zero-order valence-corrected chi connectivity index (χ0v) is 21.6. The maximum Gasteiger partial charge on any atom is 0.282 e. The van der Waals surface area contributed by atoms with Crippen molar-refractivity contribution >= 4 is 35.6 Å². The molecule has 2 N–H and O–H groups in total. The van der Waals surface area contributed by atoms with Crippen LogP contribution in [0, 0.1) is 0 Å². The molecular weight excluding hydrogens is 504 g/mol. The first-order valence-corrected chi connectivity index (χ1v) is 13.1. The molecule has 5 aromatic rings. The molecule has 0 unspecified atom stereocenters. The van der Waals surface area contributed by atoms with E-state index < -0.39 is 11.8 Å². The van der Waals surface area contributed by atoms with Crippen LogP contribution >= 0.6 is 11.3 Å². The van der Waals surface area contributed by atoms with Crippen LogP contribution in [0.25, 0.3) is 22.3 Å².